The number of para-hydroxylation sites is 1. The molecule has 1 heterocycles. The number of nitrogens with zero attached hydrogens (tertiary/aromatic N) is 1. The maximum Gasteiger partial charge on any atom is 0.303 e. The predicted molar refractivity (Wildman–Crippen MR) is 87.2 cm³/mol. The van der Waals surface area contributed by atoms with Crippen molar-refractivity contribution >= 4 is 22.8 Å². The number of hydrogen-bond donors (Lipinski definition) is 1. The van der Waals surface area contributed by atoms with Crippen LogP contribution in [0.4, 0.5) is 0 Å². The van der Waals surface area contributed by atoms with Gasteiger partial charge in [0, 0.05) is 25.6 Å². The van der Waals surface area contributed by atoms with Crippen molar-refractivity contribution in [1.29, 1.82) is 0 Å². The van der Waals surface area contributed by atoms with Gasteiger partial charge in [-0.15, -0.1) is 0 Å². The summed E-state index contributed by atoms with van der Waals surface area (Å²) in [7, 11) is 0. The van der Waals surface area contributed by atoms with Crippen LogP contribution in [0.25, 0.3) is 10.9 Å². The first-order chi connectivity index (χ1) is 11.5. The molecule has 1 aromatic carbocycles. The third-order valence-electron chi connectivity index (χ3n) is 4.06. The Kier molecular flexibility index (Phi) is 4.40. The first kappa shape index (κ1) is 16.3. The summed E-state index contributed by atoms with van der Waals surface area (Å²) in [5, 5.41) is 11.6. The average molecular weight is 329 g/mol. The number of carbonyl (C=O) groups is 2. The minimum Gasteiger partial charge on any atom is -0.457 e. The molecule has 2 aromatic rings. The Labute approximate surface area is 139 Å². The van der Waals surface area contributed by atoms with Crippen molar-refractivity contribution in [3.8, 4) is 0 Å². The van der Waals surface area contributed by atoms with Gasteiger partial charge in [-0.25, -0.2) is 0 Å². The number of hydrogen-bond acceptors (Lipinski definition) is 5. The molecular weight excluding hydrogens is 310 g/mol. The second kappa shape index (κ2) is 6.49. The SMILES string of the molecule is CC(=O)O[C@@H]1[C@@H](O)[C@H](OC(C)=O)C=C[C@H]1n1ccc2ccccc21. The summed E-state index contributed by atoms with van der Waals surface area (Å²) in [6.07, 6.45) is 2.47. The Hall–Kier alpha value is -2.60. The molecule has 1 aliphatic rings. The van der Waals surface area contributed by atoms with Gasteiger partial charge in [-0.2, -0.15) is 0 Å². The summed E-state index contributed by atoms with van der Waals surface area (Å²) in [4.78, 5) is 22.7. The molecule has 0 saturated carbocycles. The summed E-state index contributed by atoms with van der Waals surface area (Å²) in [5.41, 5.74) is 0.961. The minimum absolute atomic E-state index is 0.393. The highest BCUT2D eigenvalue weighted by Gasteiger charge is 2.40. The Morgan fingerprint density at radius 2 is 1.75 bits per heavy atom. The van der Waals surface area contributed by atoms with E-state index in [0.29, 0.717) is 0 Å². The highest BCUT2D eigenvalue weighted by molar-refractivity contribution is 5.80. The summed E-state index contributed by atoms with van der Waals surface area (Å²) in [6, 6.07) is 9.37. The highest BCUT2D eigenvalue weighted by atomic mass is 16.6. The zero-order chi connectivity index (χ0) is 17.3. The standard InChI is InChI=1S/C18H19NO5/c1-11(20)23-16-8-7-15(18(17(16)22)24-12(2)21)19-10-9-13-5-3-4-6-14(13)19/h3-10,15-18,22H,1-2H3/t15-,16-,17+,18+/m1/s1. The molecule has 126 valence electrons. The number of fused-ring (bicyclic) bond motifs is 1. The molecule has 6 heteroatoms. The van der Waals surface area contributed by atoms with Crippen molar-refractivity contribution in [2.75, 3.05) is 0 Å². The number of aromatic nitrogens is 1. The van der Waals surface area contributed by atoms with Gasteiger partial charge in [-0.05, 0) is 23.6 Å². The van der Waals surface area contributed by atoms with E-state index in [4.69, 9.17) is 9.47 Å². The van der Waals surface area contributed by atoms with Crippen LogP contribution in [0.3, 0.4) is 0 Å². The molecule has 0 fully saturated rings. The summed E-state index contributed by atoms with van der Waals surface area (Å²) in [5.74, 6) is -1.01. The van der Waals surface area contributed by atoms with E-state index in [9.17, 15) is 14.7 Å². The fraction of sp³-hybridized carbons (Fsp3) is 0.333. The molecule has 4 atom stereocenters. The summed E-state index contributed by atoms with van der Waals surface area (Å²) >= 11 is 0. The van der Waals surface area contributed by atoms with E-state index >= 15 is 0 Å². The molecule has 0 bridgehead atoms. The summed E-state index contributed by atoms with van der Waals surface area (Å²) < 4.78 is 12.4. The second-order valence-electron chi connectivity index (χ2n) is 5.80. The normalized spacial score (nSPS) is 26.3. The van der Waals surface area contributed by atoms with E-state index in [1.54, 1.807) is 12.2 Å². The maximum atomic E-state index is 11.5. The molecular formula is C18H19NO5. The zero-order valence-corrected chi connectivity index (χ0v) is 13.5. The maximum absolute atomic E-state index is 11.5. The van der Waals surface area contributed by atoms with Gasteiger partial charge in [-0.1, -0.05) is 24.3 Å². The van der Waals surface area contributed by atoms with Crippen LogP contribution in [0.5, 0.6) is 0 Å². The van der Waals surface area contributed by atoms with E-state index < -0.39 is 36.3 Å². The Bertz CT molecular complexity index is 794. The topological polar surface area (TPSA) is 77.8 Å². The number of benzene rings is 1. The van der Waals surface area contributed by atoms with Crippen LogP contribution in [0.1, 0.15) is 19.9 Å². The largest absolute Gasteiger partial charge is 0.457 e. The monoisotopic (exact) mass is 329 g/mol. The lowest BCUT2D eigenvalue weighted by Crippen LogP contribution is -2.48. The summed E-state index contributed by atoms with van der Waals surface area (Å²) in [6.45, 7) is 2.56. The zero-order valence-electron chi connectivity index (χ0n) is 13.5. The van der Waals surface area contributed by atoms with Gasteiger partial charge in [0.05, 0.1) is 6.04 Å². The van der Waals surface area contributed by atoms with Crippen molar-refractivity contribution in [3.05, 3.63) is 48.7 Å². The predicted octanol–water partition coefficient (Wildman–Crippen LogP) is 1.98. The Morgan fingerprint density at radius 3 is 2.46 bits per heavy atom. The molecule has 1 N–H and O–H groups in total. The van der Waals surface area contributed by atoms with Crippen molar-refractivity contribution in [1.82, 2.24) is 4.57 Å². The fourth-order valence-corrected chi connectivity index (χ4v) is 3.08. The van der Waals surface area contributed by atoms with E-state index in [1.807, 2.05) is 41.1 Å². The van der Waals surface area contributed by atoms with Gasteiger partial charge in [0.15, 0.2) is 6.10 Å². The van der Waals surface area contributed by atoms with Crippen LogP contribution in [-0.2, 0) is 19.1 Å². The molecule has 3 rings (SSSR count). The third kappa shape index (κ3) is 3.05. The molecule has 0 amide bonds. The second-order valence-corrected chi connectivity index (χ2v) is 5.80. The van der Waals surface area contributed by atoms with Crippen molar-refractivity contribution < 1.29 is 24.2 Å². The van der Waals surface area contributed by atoms with Gasteiger partial charge in [0.1, 0.15) is 12.2 Å². The average Bonchev–Trinajstić information content (AvgIpc) is 2.94. The van der Waals surface area contributed by atoms with Gasteiger partial charge in [0.25, 0.3) is 0 Å². The lowest BCUT2D eigenvalue weighted by molar-refractivity contribution is -0.167. The molecule has 0 aliphatic heterocycles. The van der Waals surface area contributed by atoms with Crippen LogP contribution < -0.4 is 0 Å². The van der Waals surface area contributed by atoms with Crippen molar-refractivity contribution in [3.63, 3.8) is 0 Å². The Morgan fingerprint density at radius 1 is 1.04 bits per heavy atom. The van der Waals surface area contributed by atoms with E-state index in [1.165, 1.54) is 13.8 Å². The lowest BCUT2D eigenvalue weighted by atomic mass is 9.93. The van der Waals surface area contributed by atoms with E-state index in [-0.39, 0.29) is 0 Å². The molecule has 24 heavy (non-hydrogen) atoms. The number of aliphatic hydroxyl groups is 1. The number of aliphatic hydroxyl groups excluding tert-OH is 1. The first-order valence-corrected chi connectivity index (χ1v) is 7.74. The first-order valence-electron chi connectivity index (χ1n) is 7.74. The van der Waals surface area contributed by atoms with E-state index in [2.05, 4.69) is 0 Å². The number of esters is 2. The van der Waals surface area contributed by atoms with Crippen LogP contribution in [0, 0.1) is 0 Å². The van der Waals surface area contributed by atoms with Crippen molar-refractivity contribution in [2.24, 2.45) is 0 Å². The van der Waals surface area contributed by atoms with E-state index in [0.717, 1.165) is 10.9 Å². The number of rotatable bonds is 3. The third-order valence-corrected chi connectivity index (χ3v) is 4.06. The van der Waals surface area contributed by atoms with Crippen molar-refractivity contribution in [2.45, 2.75) is 38.2 Å². The molecule has 6 nitrogen and oxygen atoms in total. The molecule has 0 spiro atoms. The molecule has 1 aromatic heterocycles. The smallest absolute Gasteiger partial charge is 0.303 e. The number of ether oxygens (including phenoxy) is 2. The molecule has 0 saturated heterocycles. The van der Waals surface area contributed by atoms with Gasteiger partial charge >= 0.3 is 11.9 Å². The van der Waals surface area contributed by atoms with Crippen LogP contribution in [-0.4, -0.2) is 39.9 Å². The van der Waals surface area contributed by atoms with Gasteiger partial charge in [0.2, 0.25) is 0 Å². The number of carbonyl (C=O) groups excluding carboxylic acids is 2. The van der Waals surface area contributed by atoms with Crippen LogP contribution in [0.2, 0.25) is 0 Å². The molecule has 0 unspecified atom stereocenters. The van der Waals surface area contributed by atoms with Crippen LogP contribution >= 0.6 is 0 Å². The molecule has 0 radical (unpaired) electrons. The fourth-order valence-electron chi connectivity index (χ4n) is 3.08. The lowest BCUT2D eigenvalue weighted by Gasteiger charge is -2.36. The minimum atomic E-state index is -1.14. The highest BCUT2D eigenvalue weighted by Crippen LogP contribution is 2.31. The van der Waals surface area contributed by atoms with Gasteiger partial charge < -0.3 is 19.1 Å². The quantitative estimate of drug-likeness (QED) is 0.688. The molecule has 1 aliphatic carbocycles. The van der Waals surface area contributed by atoms with Crippen LogP contribution in [0.15, 0.2) is 48.7 Å². The Balaban J connectivity index is 2.00. The van der Waals surface area contributed by atoms with Gasteiger partial charge in [-0.3, -0.25) is 9.59 Å².